The van der Waals surface area contributed by atoms with Crippen molar-refractivity contribution in [3.63, 3.8) is 0 Å². The lowest BCUT2D eigenvalue weighted by atomic mass is 10.1. The molecule has 0 bridgehead atoms. The van der Waals surface area contributed by atoms with Gasteiger partial charge in [0.1, 0.15) is 11.8 Å². The Labute approximate surface area is 197 Å². The van der Waals surface area contributed by atoms with E-state index in [1.54, 1.807) is 55.6 Å². The number of aromatic nitrogens is 1. The van der Waals surface area contributed by atoms with Gasteiger partial charge in [-0.15, -0.1) is 0 Å². The van der Waals surface area contributed by atoms with Crippen LogP contribution in [0.2, 0.25) is 10.0 Å². The zero-order chi connectivity index (χ0) is 22.9. The zero-order valence-electron chi connectivity index (χ0n) is 17.5. The number of halogens is 2. The van der Waals surface area contributed by atoms with Gasteiger partial charge in [-0.1, -0.05) is 53.5 Å². The van der Waals surface area contributed by atoms with Crippen molar-refractivity contribution in [1.82, 2.24) is 15.2 Å². The minimum atomic E-state index is -0.739. The molecular formula is C24H23Cl2N3O3. The maximum atomic E-state index is 13.1. The Morgan fingerprint density at radius 2 is 1.75 bits per heavy atom. The van der Waals surface area contributed by atoms with E-state index >= 15 is 0 Å². The quantitative estimate of drug-likeness (QED) is 0.498. The number of ether oxygens (including phenoxy) is 1. The van der Waals surface area contributed by atoms with E-state index in [4.69, 9.17) is 27.9 Å². The fraction of sp³-hybridized carbons (Fsp3) is 0.208. The average Bonchev–Trinajstić information content (AvgIpc) is 2.81. The van der Waals surface area contributed by atoms with Gasteiger partial charge >= 0.3 is 0 Å². The summed E-state index contributed by atoms with van der Waals surface area (Å²) in [5.74, 6) is -0.239. The Morgan fingerprint density at radius 3 is 2.44 bits per heavy atom. The number of para-hydroxylation sites is 1. The van der Waals surface area contributed by atoms with Crippen molar-refractivity contribution in [2.24, 2.45) is 0 Å². The third kappa shape index (κ3) is 6.70. The first-order valence-electron chi connectivity index (χ1n) is 10.0. The van der Waals surface area contributed by atoms with Crippen molar-refractivity contribution in [3.05, 3.63) is 94.2 Å². The Kier molecular flexibility index (Phi) is 8.48. The SMILES string of the molecule is C[C@H](C(=O)NCc1ccccn1)N(Cc1ccc(Cl)cc1)C(=O)COc1ccccc1Cl. The van der Waals surface area contributed by atoms with Crippen LogP contribution >= 0.6 is 23.2 Å². The molecule has 0 aliphatic rings. The highest BCUT2D eigenvalue weighted by molar-refractivity contribution is 6.32. The van der Waals surface area contributed by atoms with Gasteiger partial charge in [0.15, 0.2) is 6.61 Å². The Morgan fingerprint density at radius 1 is 1.03 bits per heavy atom. The lowest BCUT2D eigenvalue weighted by Crippen LogP contribution is -2.48. The number of carbonyl (C=O) groups is 2. The number of pyridine rings is 1. The minimum absolute atomic E-state index is 0.222. The molecule has 0 unspecified atom stereocenters. The van der Waals surface area contributed by atoms with Crippen LogP contribution in [0.5, 0.6) is 5.75 Å². The highest BCUT2D eigenvalue weighted by Crippen LogP contribution is 2.23. The summed E-state index contributed by atoms with van der Waals surface area (Å²) < 4.78 is 5.61. The van der Waals surface area contributed by atoms with Crippen LogP contribution in [0.25, 0.3) is 0 Å². The normalized spacial score (nSPS) is 11.5. The molecule has 0 saturated heterocycles. The molecule has 0 spiro atoms. The summed E-state index contributed by atoms with van der Waals surface area (Å²) in [6.45, 7) is 1.91. The van der Waals surface area contributed by atoms with E-state index in [1.807, 2.05) is 24.3 Å². The first-order valence-corrected chi connectivity index (χ1v) is 10.8. The molecule has 6 nitrogen and oxygen atoms in total. The molecule has 1 heterocycles. The van der Waals surface area contributed by atoms with E-state index in [-0.39, 0.29) is 31.5 Å². The van der Waals surface area contributed by atoms with Gasteiger partial charge in [0.25, 0.3) is 5.91 Å². The smallest absolute Gasteiger partial charge is 0.261 e. The van der Waals surface area contributed by atoms with Gasteiger partial charge in [-0.2, -0.15) is 0 Å². The third-order valence-corrected chi connectivity index (χ3v) is 5.36. The highest BCUT2D eigenvalue weighted by Gasteiger charge is 2.26. The van der Waals surface area contributed by atoms with Gasteiger partial charge in [-0.3, -0.25) is 14.6 Å². The molecule has 166 valence electrons. The van der Waals surface area contributed by atoms with E-state index in [9.17, 15) is 9.59 Å². The number of nitrogens with zero attached hydrogens (tertiary/aromatic N) is 2. The Bertz CT molecular complexity index is 1050. The Hall–Kier alpha value is -3.09. The number of hydrogen-bond donors (Lipinski definition) is 1. The minimum Gasteiger partial charge on any atom is -0.482 e. The number of hydrogen-bond acceptors (Lipinski definition) is 4. The molecule has 32 heavy (non-hydrogen) atoms. The molecule has 0 aliphatic carbocycles. The molecule has 1 atom stereocenters. The van der Waals surface area contributed by atoms with Gasteiger partial charge in [0.2, 0.25) is 5.91 Å². The van der Waals surface area contributed by atoms with Crippen LogP contribution in [0.1, 0.15) is 18.2 Å². The first-order chi connectivity index (χ1) is 15.4. The van der Waals surface area contributed by atoms with Crippen molar-refractivity contribution in [2.75, 3.05) is 6.61 Å². The van der Waals surface area contributed by atoms with Crippen LogP contribution < -0.4 is 10.1 Å². The number of benzene rings is 2. The maximum Gasteiger partial charge on any atom is 0.261 e. The Balaban J connectivity index is 1.71. The standard InChI is InChI=1S/C24H23Cl2N3O3/c1-17(24(31)28-14-20-6-4-5-13-27-20)29(15-18-9-11-19(25)12-10-18)23(30)16-32-22-8-3-2-7-21(22)26/h2-13,17H,14-16H2,1H3,(H,28,31)/t17-/m1/s1. The molecule has 2 amide bonds. The van der Waals surface area contributed by atoms with E-state index in [0.717, 1.165) is 11.3 Å². The summed E-state index contributed by atoms with van der Waals surface area (Å²) in [7, 11) is 0. The highest BCUT2D eigenvalue weighted by atomic mass is 35.5. The number of rotatable bonds is 9. The molecule has 3 aromatic rings. The van der Waals surface area contributed by atoms with Crippen LogP contribution in [0.3, 0.4) is 0 Å². The van der Waals surface area contributed by atoms with Gasteiger partial charge in [-0.25, -0.2) is 0 Å². The van der Waals surface area contributed by atoms with Crippen LogP contribution in [-0.4, -0.2) is 34.3 Å². The second kappa shape index (κ2) is 11.5. The van der Waals surface area contributed by atoms with Crippen molar-refractivity contribution < 1.29 is 14.3 Å². The fourth-order valence-electron chi connectivity index (χ4n) is 2.98. The van der Waals surface area contributed by atoms with E-state index in [0.29, 0.717) is 15.8 Å². The van der Waals surface area contributed by atoms with Gasteiger partial charge in [0.05, 0.1) is 17.3 Å². The molecule has 8 heteroatoms. The molecule has 0 radical (unpaired) electrons. The van der Waals surface area contributed by atoms with Gasteiger partial charge in [0, 0.05) is 17.8 Å². The first kappa shape index (κ1) is 23.6. The van der Waals surface area contributed by atoms with Crippen LogP contribution in [-0.2, 0) is 22.7 Å². The predicted molar refractivity (Wildman–Crippen MR) is 124 cm³/mol. The fourth-order valence-corrected chi connectivity index (χ4v) is 3.30. The van der Waals surface area contributed by atoms with Crippen LogP contribution in [0.4, 0.5) is 0 Å². The van der Waals surface area contributed by atoms with Crippen molar-refractivity contribution in [2.45, 2.75) is 26.1 Å². The summed E-state index contributed by atoms with van der Waals surface area (Å²) >= 11 is 12.1. The number of nitrogens with one attached hydrogen (secondary N) is 1. The molecule has 3 rings (SSSR count). The topological polar surface area (TPSA) is 71.5 Å². The summed E-state index contributed by atoms with van der Waals surface area (Å²) in [5.41, 5.74) is 1.57. The zero-order valence-corrected chi connectivity index (χ0v) is 19.0. The maximum absolute atomic E-state index is 13.1. The molecule has 0 fully saturated rings. The summed E-state index contributed by atoms with van der Waals surface area (Å²) in [5, 5.41) is 3.83. The van der Waals surface area contributed by atoms with Gasteiger partial charge < -0.3 is 15.0 Å². The summed E-state index contributed by atoms with van der Waals surface area (Å²) in [6, 6.07) is 18.8. The molecule has 1 aromatic heterocycles. The van der Waals surface area contributed by atoms with Crippen molar-refractivity contribution >= 4 is 35.0 Å². The van der Waals surface area contributed by atoms with E-state index in [2.05, 4.69) is 10.3 Å². The third-order valence-electron chi connectivity index (χ3n) is 4.79. The monoisotopic (exact) mass is 471 g/mol. The van der Waals surface area contributed by atoms with Crippen molar-refractivity contribution in [3.8, 4) is 5.75 Å². The van der Waals surface area contributed by atoms with Gasteiger partial charge in [-0.05, 0) is 48.9 Å². The molecule has 1 N–H and O–H groups in total. The summed E-state index contributed by atoms with van der Waals surface area (Å²) in [4.78, 5) is 31.5. The second-order valence-corrected chi connectivity index (χ2v) is 7.93. The molecule has 2 aromatic carbocycles. The largest absolute Gasteiger partial charge is 0.482 e. The lowest BCUT2D eigenvalue weighted by Gasteiger charge is -2.28. The van der Waals surface area contributed by atoms with E-state index in [1.165, 1.54) is 4.90 Å². The molecule has 0 saturated carbocycles. The summed E-state index contributed by atoms with van der Waals surface area (Å²) in [6.07, 6.45) is 1.66. The number of carbonyl (C=O) groups excluding carboxylic acids is 2. The molecular weight excluding hydrogens is 449 g/mol. The van der Waals surface area contributed by atoms with Crippen LogP contribution in [0.15, 0.2) is 72.9 Å². The molecule has 0 aliphatic heterocycles. The second-order valence-electron chi connectivity index (χ2n) is 7.08. The predicted octanol–water partition coefficient (Wildman–Crippen LogP) is 4.50. The lowest BCUT2D eigenvalue weighted by molar-refractivity contribution is -0.142. The number of amides is 2. The van der Waals surface area contributed by atoms with Crippen molar-refractivity contribution in [1.29, 1.82) is 0 Å². The van der Waals surface area contributed by atoms with Crippen LogP contribution in [0, 0.1) is 0 Å². The van der Waals surface area contributed by atoms with E-state index < -0.39 is 6.04 Å². The average molecular weight is 472 g/mol.